The molecule has 0 aliphatic heterocycles. The summed E-state index contributed by atoms with van der Waals surface area (Å²) >= 11 is 0. The average Bonchev–Trinajstić information content (AvgIpc) is 2.59. The lowest BCUT2D eigenvalue weighted by molar-refractivity contribution is -0.135. The number of carbonyl (C=O) groups is 2. The van der Waals surface area contributed by atoms with E-state index in [9.17, 15) is 9.59 Å². The van der Waals surface area contributed by atoms with Gasteiger partial charge in [-0.25, -0.2) is 0 Å². The molecule has 138 valence electrons. The number of amides is 2. The van der Waals surface area contributed by atoms with E-state index in [0.29, 0.717) is 11.6 Å². The van der Waals surface area contributed by atoms with Gasteiger partial charge in [-0.15, -0.1) is 0 Å². The summed E-state index contributed by atoms with van der Waals surface area (Å²) in [5.74, 6) is 0.640. The largest absolute Gasteiger partial charge is 0.341 e. The Morgan fingerprint density at radius 2 is 1.64 bits per heavy atom. The molecule has 25 heavy (non-hydrogen) atoms. The van der Waals surface area contributed by atoms with E-state index >= 15 is 0 Å². The number of rotatable bonds is 5. The highest BCUT2D eigenvalue weighted by molar-refractivity contribution is 5.97. The second-order valence-corrected chi connectivity index (χ2v) is 7.92. The quantitative estimate of drug-likeness (QED) is 0.883. The van der Waals surface area contributed by atoms with E-state index in [0.717, 1.165) is 24.3 Å². The number of carbonyl (C=O) groups excluding carboxylic acids is 2. The molecule has 4 heteroatoms. The first kappa shape index (κ1) is 19.5. The highest BCUT2D eigenvalue weighted by Crippen LogP contribution is 2.27. The van der Waals surface area contributed by atoms with Crippen molar-refractivity contribution in [2.24, 2.45) is 11.8 Å². The van der Waals surface area contributed by atoms with Crippen LogP contribution in [0, 0.1) is 18.8 Å². The van der Waals surface area contributed by atoms with E-state index in [-0.39, 0.29) is 17.7 Å². The first-order valence-electron chi connectivity index (χ1n) is 9.43. The van der Waals surface area contributed by atoms with Gasteiger partial charge in [-0.3, -0.25) is 9.59 Å². The number of aryl methyl sites for hydroxylation is 1. The van der Waals surface area contributed by atoms with Crippen LogP contribution in [-0.4, -0.2) is 35.8 Å². The maximum absolute atomic E-state index is 13.0. The molecule has 1 aliphatic carbocycles. The minimum Gasteiger partial charge on any atom is -0.341 e. The second kappa shape index (κ2) is 8.50. The minimum absolute atomic E-state index is 0.0232. The van der Waals surface area contributed by atoms with Crippen molar-refractivity contribution in [2.45, 2.75) is 65.5 Å². The van der Waals surface area contributed by atoms with Crippen LogP contribution in [0.15, 0.2) is 24.3 Å². The van der Waals surface area contributed by atoms with Gasteiger partial charge in [-0.2, -0.15) is 0 Å². The van der Waals surface area contributed by atoms with E-state index in [4.69, 9.17) is 0 Å². The van der Waals surface area contributed by atoms with Crippen LogP contribution in [0.2, 0.25) is 0 Å². The summed E-state index contributed by atoms with van der Waals surface area (Å²) in [5.41, 5.74) is 1.71. The second-order valence-electron chi connectivity index (χ2n) is 7.92. The number of benzene rings is 1. The average molecular weight is 344 g/mol. The summed E-state index contributed by atoms with van der Waals surface area (Å²) < 4.78 is 0. The molecule has 1 unspecified atom stereocenters. The van der Waals surface area contributed by atoms with Crippen molar-refractivity contribution in [2.75, 3.05) is 7.05 Å². The molecule has 1 fully saturated rings. The summed E-state index contributed by atoms with van der Waals surface area (Å²) in [4.78, 5) is 27.4. The van der Waals surface area contributed by atoms with Gasteiger partial charge < -0.3 is 10.2 Å². The van der Waals surface area contributed by atoms with Crippen LogP contribution in [0.4, 0.5) is 0 Å². The monoisotopic (exact) mass is 344 g/mol. The van der Waals surface area contributed by atoms with Gasteiger partial charge in [0.05, 0.1) is 0 Å². The first-order valence-corrected chi connectivity index (χ1v) is 9.43. The fourth-order valence-corrected chi connectivity index (χ4v) is 3.47. The highest BCUT2D eigenvalue weighted by atomic mass is 16.2. The molecule has 1 atom stereocenters. The van der Waals surface area contributed by atoms with Crippen LogP contribution in [0.5, 0.6) is 0 Å². The molecule has 0 spiro atoms. The van der Waals surface area contributed by atoms with Gasteiger partial charge in [-0.1, -0.05) is 38.5 Å². The van der Waals surface area contributed by atoms with Crippen molar-refractivity contribution in [3.05, 3.63) is 35.4 Å². The predicted molar refractivity (Wildman–Crippen MR) is 101 cm³/mol. The third kappa shape index (κ3) is 5.07. The van der Waals surface area contributed by atoms with Crippen molar-refractivity contribution in [3.8, 4) is 0 Å². The molecule has 1 N–H and O–H groups in total. The van der Waals surface area contributed by atoms with E-state index in [1.54, 1.807) is 12.1 Å². The van der Waals surface area contributed by atoms with Crippen molar-refractivity contribution >= 4 is 11.8 Å². The Morgan fingerprint density at radius 3 is 2.16 bits per heavy atom. The summed E-state index contributed by atoms with van der Waals surface area (Å²) in [6.07, 6.45) is 4.45. The smallest absolute Gasteiger partial charge is 0.251 e. The molecule has 1 aromatic rings. The van der Waals surface area contributed by atoms with Crippen LogP contribution >= 0.6 is 0 Å². The summed E-state index contributed by atoms with van der Waals surface area (Å²) in [6, 6.07) is 7.24. The van der Waals surface area contributed by atoms with Crippen molar-refractivity contribution in [1.82, 2.24) is 10.2 Å². The fourth-order valence-electron chi connectivity index (χ4n) is 3.47. The van der Waals surface area contributed by atoms with Crippen molar-refractivity contribution < 1.29 is 9.59 Å². The number of hydrogen-bond acceptors (Lipinski definition) is 2. The molecule has 2 rings (SSSR count). The fraction of sp³-hybridized carbons (Fsp3) is 0.619. The van der Waals surface area contributed by atoms with Gasteiger partial charge >= 0.3 is 0 Å². The lowest BCUT2D eigenvalue weighted by Gasteiger charge is -2.36. The topological polar surface area (TPSA) is 49.4 Å². The van der Waals surface area contributed by atoms with Crippen LogP contribution < -0.4 is 5.32 Å². The van der Waals surface area contributed by atoms with Crippen molar-refractivity contribution in [1.29, 1.82) is 0 Å². The van der Waals surface area contributed by atoms with Crippen LogP contribution in [0.25, 0.3) is 0 Å². The lowest BCUT2D eigenvalue weighted by Crippen LogP contribution is -2.53. The molecule has 4 nitrogen and oxygen atoms in total. The maximum Gasteiger partial charge on any atom is 0.251 e. The molecular formula is C21H32N2O2. The Hall–Kier alpha value is -1.84. The summed E-state index contributed by atoms with van der Waals surface area (Å²) in [7, 11) is 1.89. The van der Waals surface area contributed by atoms with Crippen LogP contribution in [-0.2, 0) is 4.79 Å². The molecule has 0 bridgehead atoms. The zero-order chi connectivity index (χ0) is 18.6. The molecular weight excluding hydrogens is 312 g/mol. The minimum atomic E-state index is -0.488. The van der Waals surface area contributed by atoms with Gasteiger partial charge in [0.2, 0.25) is 5.91 Å². The Labute approximate surface area is 152 Å². The molecule has 0 aromatic heterocycles. The molecule has 1 aromatic carbocycles. The Kier molecular flexibility index (Phi) is 6.63. The normalized spacial score (nSPS) is 21.7. The summed E-state index contributed by atoms with van der Waals surface area (Å²) in [5, 5.41) is 2.95. The molecule has 1 aliphatic rings. The van der Waals surface area contributed by atoms with Gasteiger partial charge in [0.1, 0.15) is 6.04 Å². The number of nitrogens with zero attached hydrogens (tertiary/aromatic N) is 1. The number of likely N-dealkylation sites (N-methyl/N-ethyl adjacent to an activating group) is 1. The van der Waals surface area contributed by atoms with E-state index in [1.165, 1.54) is 12.8 Å². The predicted octanol–water partition coefficient (Wildman–Crippen LogP) is 3.79. The molecule has 0 heterocycles. The summed E-state index contributed by atoms with van der Waals surface area (Å²) in [6.45, 7) is 8.22. The number of nitrogens with one attached hydrogen (secondary N) is 1. The molecule has 0 radical (unpaired) electrons. The number of hydrogen-bond donors (Lipinski definition) is 1. The third-order valence-electron chi connectivity index (χ3n) is 5.41. The van der Waals surface area contributed by atoms with Gasteiger partial charge in [0.15, 0.2) is 0 Å². The zero-order valence-corrected chi connectivity index (χ0v) is 16.2. The molecule has 1 saturated carbocycles. The third-order valence-corrected chi connectivity index (χ3v) is 5.41. The first-order chi connectivity index (χ1) is 11.8. The van der Waals surface area contributed by atoms with Gasteiger partial charge in [-0.05, 0) is 56.6 Å². The Morgan fingerprint density at radius 1 is 1.08 bits per heavy atom. The van der Waals surface area contributed by atoms with E-state index in [1.807, 2.05) is 44.9 Å². The van der Waals surface area contributed by atoms with E-state index in [2.05, 4.69) is 12.2 Å². The van der Waals surface area contributed by atoms with E-state index < -0.39 is 6.04 Å². The molecule has 2 amide bonds. The zero-order valence-electron chi connectivity index (χ0n) is 16.2. The Bertz CT molecular complexity index is 586. The maximum atomic E-state index is 13.0. The van der Waals surface area contributed by atoms with Crippen LogP contribution in [0.1, 0.15) is 62.4 Å². The Balaban J connectivity index is 2.04. The molecule has 0 saturated heterocycles. The van der Waals surface area contributed by atoms with Crippen molar-refractivity contribution in [3.63, 3.8) is 0 Å². The van der Waals surface area contributed by atoms with Gasteiger partial charge in [0, 0.05) is 18.7 Å². The standard InChI is InChI=1S/C21H32N2O2/c1-14(2)19(22-20(24)17-10-6-15(3)7-11-17)21(25)23(5)18-12-8-16(4)9-13-18/h6-7,10-11,14,16,18-19H,8-9,12-13H2,1-5H3,(H,22,24). The highest BCUT2D eigenvalue weighted by Gasteiger charge is 2.32. The van der Waals surface area contributed by atoms with Crippen LogP contribution in [0.3, 0.4) is 0 Å². The lowest BCUT2D eigenvalue weighted by atomic mass is 9.86. The van der Waals surface area contributed by atoms with Gasteiger partial charge in [0.25, 0.3) is 5.91 Å². The SMILES string of the molecule is Cc1ccc(C(=O)NC(C(=O)N(C)C2CCC(C)CC2)C(C)C)cc1.